The van der Waals surface area contributed by atoms with E-state index < -0.39 is 62.1 Å². The van der Waals surface area contributed by atoms with E-state index in [4.69, 9.17) is 0 Å². The van der Waals surface area contributed by atoms with Gasteiger partial charge in [0.05, 0.1) is 0 Å². The second kappa shape index (κ2) is 8.66. The molecule has 33 heavy (non-hydrogen) atoms. The van der Waals surface area contributed by atoms with Gasteiger partial charge in [0.2, 0.25) is 0 Å². The van der Waals surface area contributed by atoms with Crippen LogP contribution in [-0.2, 0) is 25.2 Å². The highest BCUT2D eigenvalue weighted by Crippen LogP contribution is 2.66. The van der Waals surface area contributed by atoms with Gasteiger partial charge in [0.15, 0.2) is 0 Å². The van der Waals surface area contributed by atoms with Crippen molar-refractivity contribution in [2.24, 2.45) is 0 Å². The summed E-state index contributed by atoms with van der Waals surface area (Å²) in [6.45, 7) is 0. The number of hydrogen-bond donors (Lipinski definition) is 0. The highest BCUT2D eigenvalue weighted by atomic mass is 35.5. The third-order valence-corrected chi connectivity index (χ3v) is 8.49. The predicted octanol–water partition coefficient (Wildman–Crippen LogP) is 6.13. The smallest absolute Gasteiger partial charge is 0.317 e. The Balaban J connectivity index is 8.02. The van der Waals surface area contributed by atoms with Crippen molar-refractivity contribution in [2.45, 2.75) is 41.6 Å². The summed E-state index contributed by atoms with van der Waals surface area (Å²) in [6.07, 6.45) is -15.1. The van der Waals surface area contributed by atoms with Gasteiger partial charge in [-0.3, -0.25) is 0 Å². The van der Waals surface area contributed by atoms with E-state index in [0.717, 1.165) is 0 Å². The molecule has 0 aliphatic carbocycles. The van der Waals surface area contributed by atoms with Crippen LogP contribution in [0.25, 0.3) is 0 Å². The number of alkyl halides is 16. The van der Waals surface area contributed by atoms with Crippen LogP contribution in [0.5, 0.6) is 0 Å². The maximum atomic E-state index is 14.6. The zero-order chi connectivity index (χ0) is 27.7. The van der Waals surface area contributed by atoms with Crippen LogP contribution < -0.4 is 0 Å². The first-order chi connectivity index (χ1) is 13.7. The summed E-state index contributed by atoms with van der Waals surface area (Å²) in [4.78, 5) is 0. The lowest BCUT2D eigenvalue weighted by Crippen LogP contribution is -2.75. The van der Waals surface area contributed by atoms with Gasteiger partial charge in [-0.05, 0) is 0 Å². The average Bonchev–Trinajstić information content (AvgIpc) is 2.45. The van der Waals surface area contributed by atoms with Crippen molar-refractivity contribution in [1.82, 2.24) is 0 Å². The Morgan fingerprint density at radius 1 is 0.485 bits per heavy atom. The normalized spacial score (nSPS) is 22.6. The van der Waals surface area contributed by atoms with Gasteiger partial charge in [-0.2, -0.15) is 43.2 Å². The Bertz CT molecular complexity index is 898. The maximum Gasteiger partial charge on any atom is 0.444 e. The average molecular weight is 681 g/mol. The van der Waals surface area contributed by atoms with E-state index in [1.807, 2.05) is 0 Å². The summed E-state index contributed by atoms with van der Waals surface area (Å²) in [5.74, 6) is 0. The van der Waals surface area contributed by atoms with Crippen LogP contribution >= 0.6 is 69.6 Å². The van der Waals surface area contributed by atoms with Crippen LogP contribution in [0, 0.1) is 0 Å². The van der Waals surface area contributed by atoms with E-state index in [1.165, 1.54) is 0 Å². The van der Waals surface area contributed by atoms with Crippen molar-refractivity contribution in [3.63, 3.8) is 0 Å². The minimum atomic E-state index is -8.27. The van der Waals surface area contributed by atoms with Gasteiger partial charge in [-0.1, -0.05) is 69.6 Å². The molecule has 0 saturated heterocycles. The zero-order valence-corrected chi connectivity index (χ0v) is 19.8. The van der Waals surface area contributed by atoms with Gasteiger partial charge in [0.25, 0.3) is 10.1 Å². The van der Waals surface area contributed by atoms with Crippen molar-refractivity contribution in [3.8, 4) is 0 Å². The third kappa shape index (κ3) is 5.00. The molecule has 0 saturated carbocycles. The van der Waals surface area contributed by atoms with Crippen molar-refractivity contribution < 1.29 is 73.2 Å². The Morgan fingerprint density at radius 2 is 0.667 bits per heavy atom. The molecule has 25 heteroatoms. The lowest BCUT2D eigenvalue weighted by atomic mass is 10.1. The molecule has 0 aromatic rings. The lowest BCUT2D eigenvalue weighted by molar-refractivity contribution is -0.303. The fraction of sp³-hybridized carbons (Fsp3) is 1.00. The molecule has 4 unspecified atom stereocenters. The molecule has 0 aliphatic rings. The van der Waals surface area contributed by atoms with Gasteiger partial charge in [-0.15, -0.1) is 7.77 Å². The molecular formula is C8Cl6F12O5S2. The van der Waals surface area contributed by atoms with E-state index in [0.29, 0.717) is 0 Å². The second-order valence-corrected chi connectivity index (χ2v) is 11.8. The Kier molecular flexibility index (Phi) is 8.86. The standard InChI is InChI=1S/C8Cl6F12O5S2/c9-1(5(11,12)17,3(15,7(19,20)21)32(25,27)28)31-2(10,6(13,14)18)4(16,8(22,23)24)33(26,29)30. The highest BCUT2D eigenvalue weighted by molar-refractivity contribution is 7.88. The second-order valence-electron chi connectivity index (χ2n) is 5.35. The maximum absolute atomic E-state index is 14.6. The summed E-state index contributed by atoms with van der Waals surface area (Å²) in [5.41, 5.74) is 0. The van der Waals surface area contributed by atoms with Gasteiger partial charge in [0.1, 0.15) is 0 Å². The summed E-state index contributed by atoms with van der Waals surface area (Å²) in [5, 5.41) is -27.9. The van der Waals surface area contributed by atoms with Crippen molar-refractivity contribution in [3.05, 3.63) is 0 Å². The summed E-state index contributed by atoms with van der Waals surface area (Å²) >= 11 is 26.3. The van der Waals surface area contributed by atoms with E-state index in [9.17, 15) is 68.5 Å². The van der Waals surface area contributed by atoms with Crippen LogP contribution in [0.1, 0.15) is 0 Å². The Morgan fingerprint density at radius 3 is 0.758 bits per heavy atom. The molecule has 200 valence electrons. The van der Waals surface area contributed by atoms with E-state index in [1.54, 1.807) is 0 Å². The SMILES string of the molecule is O=S(=O)(F)C(F)(C(F)(F)F)C(Cl)(OC(Cl)(C(F)(Cl)Cl)C(F)(C(F)(F)F)S(=O)(=O)F)C(F)(Cl)Cl. The first-order valence-corrected chi connectivity index (χ1v) is 11.4. The van der Waals surface area contributed by atoms with E-state index >= 15 is 0 Å². The molecule has 0 heterocycles. The molecule has 5 nitrogen and oxygen atoms in total. The van der Waals surface area contributed by atoms with Crippen molar-refractivity contribution in [1.29, 1.82) is 0 Å². The molecule has 0 bridgehead atoms. The Hall–Kier alpha value is 0.760. The molecule has 0 aliphatic heterocycles. The topological polar surface area (TPSA) is 77.5 Å². The largest absolute Gasteiger partial charge is 0.444 e. The zero-order valence-electron chi connectivity index (χ0n) is 13.7. The molecule has 0 amide bonds. The first kappa shape index (κ1) is 33.8. The molecule has 0 spiro atoms. The predicted molar refractivity (Wildman–Crippen MR) is 89.2 cm³/mol. The molecule has 0 fully saturated rings. The van der Waals surface area contributed by atoms with Crippen molar-refractivity contribution >= 4 is 90.1 Å². The number of ether oxygens (including phenoxy) is 1. The lowest BCUT2D eigenvalue weighted by Gasteiger charge is -2.48. The van der Waals surface area contributed by atoms with Gasteiger partial charge in [0, 0.05) is 0 Å². The van der Waals surface area contributed by atoms with Crippen LogP contribution in [-0.4, -0.2) is 58.5 Å². The molecular weight excluding hydrogens is 681 g/mol. The third-order valence-electron chi connectivity index (χ3n) is 3.24. The van der Waals surface area contributed by atoms with Crippen LogP contribution in [0.2, 0.25) is 0 Å². The summed E-state index contributed by atoms with van der Waals surface area (Å²) < 4.78 is 197. The fourth-order valence-corrected chi connectivity index (χ4v) is 5.24. The van der Waals surface area contributed by atoms with Crippen LogP contribution in [0.4, 0.5) is 51.7 Å². The first-order valence-electron chi connectivity index (χ1n) is 6.32. The number of halogens is 18. The molecule has 0 aromatic carbocycles. The number of rotatable bonds is 8. The monoisotopic (exact) mass is 678 g/mol. The molecule has 4 atom stereocenters. The van der Waals surface area contributed by atoms with Gasteiger partial charge in [-0.25, -0.2) is 17.6 Å². The highest BCUT2D eigenvalue weighted by Gasteiger charge is 2.91. The summed E-state index contributed by atoms with van der Waals surface area (Å²) in [7, 11) is -16.5. The molecule has 0 aromatic heterocycles. The molecule has 0 radical (unpaired) electrons. The van der Waals surface area contributed by atoms with E-state index in [2.05, 4.69) is 74.3 Å². The minimum absolute atomic E-state index is 2.82. The molecule has 0 N–H and O–H groups in total. The van der Waals surface area contributed by atoms with Crippen LogP contribution in [0.15, 0.2) is 0 Å². The Labute approximate surface area is 204 Å². The minimum Gasteiger partial charge on any atom is -0.317 e. The summed E-state index contributed by atoms with van der Waals surface area (Å²) in [6, 6.07) is 0. The van der Waals surface area contributed by atoms with E-state index in [-0.39, 0.29) is 0 Å². The van der Waals surface area contributed by atoms with Crippen molar-refractivity contribution in [2.75, 3.05) is 0 Å². The van der Waals surface area contributed by atoms with Gasteiger partial charge >= 0.3 is 52.0 Å². The van der Waals surface area contributed by atoms with Gasteiger partial charge < -0.3 is 4.74 Å². The quantitative estimate of drug-likeness (QED) is 0.175. The fourth-order valence-electron chi connectivity index (χ4n) is 1.76. The number of hydrogen-bond acceptors (Lipinski definition) is 5. The molecule has 0 rings (SSSR count). The van der Waals surface area contributed by atoms with Crippen LogP contribution in [0.3, 0.4) is 0 Å².